The first-order valence-electron chi connectivity index (χ1n) is 9.62. The van der Waals surface area contributed by atoms with E-state index >= 15 is 0 Å². The van der Waals surface area contributed by atoms with Crippen LogP contribution >= 0.6 is 0 Å². The summed E-state index contributed by atoms with van der Waals surface area (Å²) in [6.07, 6.45) is 3.07. The largest absolute Gasteiger partial charge is 0.378 e. The molecule has 0 saturated heterocycles. The minimum absolute atomic E-state index is 0.243. The number of anilines is 4. The summed E-state index contributed by atoms with van der Waals surface area (Å²) in [5.74, 6) is 0.599. The van der Waals surface area contributed by atoms with Gasteiger partial charge in [-0.3, -0.25) is 4.79 Å². The van der Waals surface area contributed by atoms with Gasteiger partial charge in [0.25, 0.3) is 5.91 Å². The monoisotopic (exact) mass is 389 g/mol. The lowest BCUT2D eigenvalue weighted by atomic mass is 9.98. The molecule has 0 aliphatic heterocycles. The third kappa shape index (κ3) is 4.90. The molecule has 3 aromatic rings. The Labute approximate surface area is 172 Å². The second-order valence-electron chi connectivity index (χ2n) is 7.51. The lowest BCUT2D eigenvalue weighted by Gasteiger charge is -2.16. The zero-order valence-corrected chi connectivity index (χ0v) is 17.5. The van der Waals surface area contributed by atoms with E-state index in [0.717, 1.165) is 22.6 Å². The molecule has 0 saturated carbocycles. The summed E-state index contributed by atoms with van der Waals surface area (Å²) in [6.45, 7) is 6.36. The lowest BCUT2D eigenvalue weighted by Crippen LogP contribution is -2.14. The minimum Gasteiger partial charge on any atom is -0.378 e. The first-order chi connectivity index (χ1) is 13.8. The highest BCUT2D eigenvalue weighted by molar-refractivity contribution is 6.04. The van der Waals surface area contributed by atoms with Crippen LogP contribution in [0.15, 0.2) is 54.9 Å². The summed E-state index contributed by atoms with van der Waals surface area (Å²) in [5, 5.41) is 6.17. The molecule has 3 rings (SSSR count). The molecule has 150 valence electrons. The Morgan fingerprint density at radius 1 is 1.00 bits per heavy atom. The highest BCUT2D eigenvalue weighted by Crippen LogP contribution is 2.29. The average Bonchev–Trinajstić information content (AvgIpc) is 2.70. The lowest BCUT2D eigenvalue weighted by molar-refractivity contribution is 0.102. The number of aryl methyl sites for hydroxylation is 1. The van der Waals surface area contributed by atoms with Gasteiger partial charge in [-0.05, 0) is 48.2 Å². The van der Waals surface area contributed by atoms with Crippen molar-refractivity contribution in [2.75, 3.05) is 29.6 Å². The van der Waals surface area contributed by atoms with Crippen LogP contribution in [0.3, 0.4) is 0 Å². The number of amides is 1. The summed E-state index contributed by atoms with van der Waals surface area (Å²) < 4.78 is 0. The van der Waals surface area contributed by atoms with Gasteiger partial charge in [-0.1, -0.05) is 32.0 Å². The van der Waals surface area contributed by atoms with E-state index in [1.807, 2.05) is 43.3 Å². The van der Waals surface area contributed by atoms with Gasteiger partial charge < -0.3 is 15.5 Å². The van der Waals surface area contributed by atoms with Gasteiger partial charge in [0.2, 0.25) is 5.95 Å². The zero-order chi connectivity index (χ0) is 21.0. The molecule has 0 fully saturated rings. The predicted octanol–water partition coefficient (Wildman–Crippen LogP) is 4.97. The maximum Gasteiger partial charge on any atom is 0.258 e. The maximum atomic E-state index is 12.5. The third-order valence-electron chi connectivity index (χ3n) is 4.72. The molecule has 0 radical (unpaired) electrons. The van der Waals surface area contributed by atoms with E-state index in [1.54, 1.807) is 0 Å². The Morgan fingerprint density at radius 2 is 1.66 bits per heavy atom. The van der Waals surface area contributed by atoms with Crippen molar-refractivity contribution in [3.63, 3.8) is 0 Å². The van der Waals surface area contributed by atoms with Crippen LogP contribution in [0.5, 0.6) is 0 Å². The quantitative estimate of drug-likeness (QED) is 0.623. The number of aromatic nitrogens is 2. The molecule has 0 aliphatic rings. The number of nitrogens with zero attached hydrogens (tertiary/aromatic N) is 3. The van der Waals surface area contributed by atoms with Crippen molar-refractivity contribution in [2.24, 2.45) is 0 Å². The van der Waals surface area contributed by atoms with E-state index in [0.29, 0.717) is 17.4 Å². The van der Waals surface area contributed by atoms with Gasteiger partial charge in [-0.2, -0.15) is 0 Å². The number of para-hydroxylation sites is 1. The first-order valence-corrected chi connectivity index (χ1v) is 9.62. The smallest absolute Gasteiger partial charge is 0.258 e. The molecule has 0 bridgehead atoms. The van der Waals surface area contributed by atoms with Crippen LogP contribution in [0.25, 0.3) is 0 Å². The number of rotatable bonds is 6. The van der Waals surface area contributed by atoms with E-state index in [2.05, 4.69) is 59.6 Å². The van der Waals surface area contributed by atoms with Crippen LogP contribution in [0.2, 0.25) is 0 Å². The highest BCUT2D eigenvalue weighted by atomic mass is 16.1. The number of nitrogens with one attached hydrogen (secondary N) is 2. The van der Waals surface area contributed by atoms with Crippen molar-refractivity contribution in [1.29, 1.82) is 0 Å². The van der Waals surface area contributed by atoms with E-state index < -0.39 is 0 Å². The minimum atomic E-state index is -0.243. The van der Waals surface area contributed by atoms with Crippen LogP contribution in [0, 0.1) is 6.92 Å². The molecule has 29 heavy (non-hydrogen) atoms. The van der Waals surface area contributed by atoms with Crippen LogP contribution < -0.4 is 15.5 Å². The molecule has 6 nitrogen and oxygen atoms in total. The summed E-state index contributed by atoms with van der Waals surface area (Å²) in [6, 6.07) is 13.8. The number of carbonyl (C=O) groups excluding carboxylic acids is 1. The van der Waals surface area contributed by atoms with Crippen molar-refractivity contribution < 1.29 is 4.79 Å². The standard InChI is InChI=1S/C23H27N5O/c1-15(2)20-8-6-7-16(3)21(20)27-23-24-13-17(14-25-23)22(29)26-18-9-11-19(12-10-18)28(4)5/h6-15H,1-5H3,(H,26,29)(H,24,25,27). The molecule has 0 aliphatic carbocycles. The fourth-order valence-electron chi connectivity index (χ4n) is 3.01. The molecule has 0 spiro atoms. The van der Waals surface area contributed by atoms with Gasteiger partial charge in [0.05, 0.1) is 5.56 Å². The van der Waals surface area contributed by atoms with Crippen LogP contribution in [-0.2, 0) is 0 Å². The van der Waals surface area contributed by atoms with Gasteiger partial charge >= 0.3 is 0 Å². The molecule has 2 N–H and O–H groups in total. The number of benzene rings is 2. The fraction of sp³-hybridized carbons (Fsp3) is 0.261. The average molecular weight is 390 g/mol. The van der Waals surface area contributed by atoms with E-state index in [-0.39, 0.29) is 5.91 Å². The van der Waals surface area contributed by atoms with Gasteiger partial charge in [-0.25, -0.2) is 9.97 Å². The molecule has 1 aromatic heterocycles. The predicted molar refractivity (Wildman–Crippen MR) is 119 cm³/mol. The van der Waals surface area contributed by atoms with Gasteiger partial charge in [0.1, 0.15) is 0 Å². The fourth-order valence-corrected chi connectivity index (χ4v) is 3.01. The van der Waals surface area contributed by atoms with Crippen LogP contribution in [0.1, 0.15) is 41.3 Å². The van der Waals surface area contributed by atoms with E-state index in [1.165, 1.54) is 18.0 Å². The zero-order valence-electron chi connectivity index (χ0n) is 17.5. The third-order valence-corrected chi connectivity index (χ3v) is 4.72. The molecule has 1 amide bonds. The summed E-state index contributed by atoms with van der Waals surface area (Å²) in [5.41, 5.74) is 5.55. The second-order valence-corrected chi connectivity index (χ2v) is 7.51. The Bertz CT molecular complexity index is 979. The molecule has 0 unspecified atom stereocenters. The van der Waals surface area contributed by atoms with Crippen molar-refractivity contribution in [3.8, 4) is 0 Å². The molecular weight excluding hydrogens is 362 g/mol. The molecule has 0 atom stereocenters. The van der Waals surface area contributed by atoms with Gasteiger partial charge in [0.15, 0.2) is 0 Å². The SMILES string of the molecule is Cc1cccc(C(C)C)c1Nc1ncc(C(=O)Nc2ccc(N(C)C)cc2)cn1. The van der Waals surface area contributed by atoms with Gasteiger partial charge in [0, 0.05) is 43.6 Å². The Kier molecular flexibility index (Phi) is 6.12. The Morgan fingerprint density at radius 3 is 2.24 bits per heavy atom. The summed E-state index contributed by atoms with van der Waals surface area (Å²) in [4.78, 5) is 23.1. The highest BCUT2D eigenvalue weighted by Gasteiger charge is 2.12. The van der Waals surface area contributed by atoms with Gasteiger partial charge in [-0.15, -0.1) is 0 Å². The maximum absolute atomic E-state index is 12.5. The number of hydrogen-bond donors (Lipinski definition) is 2. The van der Waals surface area contributed by atoms with E-state index in [4.69, 9.17) is 0 Å². The Hall–Kier alpha value is -3.41. The molecule has 1 heterocycles. The summed E-state index contributed by atoms with van der Waals surface area (Å²) >= 11 is 0. The Balaban J connectivity index is 1.71. The molecule has 2 aromatic carbocycles. The van der Waals surface area contributed by atoms with Crippen LogP contribution in [0.4, 0.5) is 23.0 Å². The molecule has 6 heteroatoms. The molecular formula is C23H27N5O. The summed E-state index contributed by atoms with van der Waals surface area (Å²) in [7, 11) is 3.95. The first kappa shape index (κ1) is 20.3. The normalized spacial score (nSPS) is 10.7. The number of carbonyl (C=O) groups is 1. The van der Waals surface area contributed by atoms with Crippen molar-refractivity contribution >= 4 is 28.9 Å². The van der Waals surface area contributed by atoms with Crippen molar-refractivity contribution in [2.45, 2.75) is 26.7 Å². The van der Waals surface area contributed by atoms with E-state index in [9.17, 15) is 4.79 Å². The van der Waals surface area contributed by atoms with Crippen LogP contribution in [-0.4, -0.2) is 30.0 Å². The number of hydrogen-bond acceptors (Lipinski definition) is 5. The van der Waals surface area contributed by atoms with Crippen molar-refractivity contribution in [3.05, 3.63) is 71.5 Å². The van der Waals surface area contributed by atoms with Crippen molar-refractivity contribution in [1.82, 2.24) is 9.97 Å². The topological polar surface area (TPSA) is 70.2 Å². The second kappa shape index (κ2) is 8.73.